The van der Waals surface area contributed by atoms with Gasteiger partial charge in [0.1, 0.15) is 23.7 Å². The SMILES string of the molecule is COC(=O)[C@H](NC(=O)[C@@H](CC(C)C)NC(=O)N(C[C@@H](O)[C@@H](Cc1ccccc1)NC(=O)[C@@H](Cc1ccccc1)NC(=O)OC(C)(C)C)C(=O)c1ccccc1)C(C)C. The van der Waals surface area contributed by atoms with Gasteiger partial charge >= 0.3 is 18.1 Å². The Balaban J connectivity index is 1.99. The van der Waals surface area contributed by atoms with Crippen molar-refractivity contribution in [3.8, 4) is 0 Å². The van der Waals surface area contributed by atoms with Crippen molar-refractivity contribution in [1.82, 2.24) is 26.2 Å². The molecule has 0 bridgehead atoms. The van der Waals surface area contributed by atoms with E-state index < -0.39 is 78.2 Å². The van der Waals surface area contributed by atoms with E-state index in [1.807, 2.05) is 38.1 Å². The van der Waals surface area contributed by atoms with Crippen molar-refractivity contribution in [2.45, 2.75) is 104 Å². The fourth-order valence-corrected chi connectivity index (χ4v) is 6.06. The molecule has 0 aliphatic rings. The number of carbonyl (C=O) groups excluding carboxylic acids is 6. The van der Waals surface area contributed by atoms with Crippen molar-refractivity contribution in [1.29, 1.82) is 0 Å². The van der Waals surface area contributed by atoms with Crippen LogP contribution in [0.25, 0.3) is 0 Å². The Morgan fingerprint density at radius 1 is 0.690 bits per heavy atom. The zero-order valence-electron chi connectivity index (χ0n) is 34.7. The van der Waals surface area contributed by atoms with Gasteiger partial charge in [-0.1, -0.05) is 107 Å². The molecule has 0 radical (unpaired) electrons. The predicted octanol–water partition coefficient (Wildman–Crippen LogP) is 4.79. The van der Waals surface area contributed by atoms with Crippen LogP contribution < -0.4 is 21.3 Å². The molecule has 0 aromatic heterocycles. The molecule has 3 rings (SSSR count). The van der Waals surface area contributed by atoms with Gasteiger partial charge in [-0.3, -0.25) is 19.3 Å². The normalized spacial score (nSPS) is 13.9. The number of imide groups is 1. The number of aliphatic hydroxyl groups is 1. The predicted molar refractivity (Wildman–Crippen MR) is 219 cm³/mol. The van der Waals surface area contributed by atoms with E-state index in [1.165, 1.54) is 19.2 Å². The number of carbonyl (C=O) groups is 6. The van der Waals surface area contributed by atoms with Crippen LogP contribution in [0, 0.1) is 11.8 Å². The molecule has 0 aliphatic heterocycles. The van der Waals surface area contributed by atoms with E-state index >= 15 is 0 Å². The zero-order valence-corrected chi connectivity index (χ0v) is 34.7. The Kier molecular flexibility index (Phi) is 17.9. The van der Waals surface area contributed by atoms with E-state index in [2.05, 4.69) is 21.3 Å². The Morgan fingerprint density at radius 3 is 1.71 bits per heavy atom. The first-order valence-electron chi connectivity index (χ1n) is 19.5. The highest BCUT2D eigenvalue weighted by molar-refractivity contribution is 6.05. The van der Waals surface area contributed by atoms with Gasteiger partial charge in [0.2, 0.25) is 11.8 Å². The summed E-state index contributed by atoms with van der Waals surface area (Å²) in [5, 5.41) is 22.8. The van der Waals surface area contributed by atoms with Gasteiger partial charge in [-0.25, -0.2) is 14.4 Å². The Hall–Kier alpha value is -5.76. The standard InChI is InChI=1S/C44H59N5O9/c1-28(2)24-34(39(52)48-37(29(3)4)41(54)57-8)46-42(55)49(40(53)32-22-16-11-17-23-32)27-36(50)33(25-30-18-12-9-13-19-30)45-38(51)35(26-31-20-14-10-15-21-31)47-43(56)58-44(5,6)7/h9-23,28-29,33-37,50H,24-27H2,1-8H3,(H,45,51)(H,46,55)(H,47,56)(H,48,52)/t33-,34-,35-,36-,37-/m1/s1. The van der Waals surface area contributed by atoms with Crippen LogP contribution in [0.15, 0.2) is 91.0 Å². The monoisotopic (exact) mass is 801 g/mol. The van der Waals surface area contributed by atoms with Gasteiger partial charge in [0.25, 0.3) is 5.91 Å². The average Bonchev–Trinajstić information content (AvgIpc) is 3.17. The van der Waals surface area contributed by atoms with E-state index in [-0.39, 0.29) is 36.7 Å². The largest absolute Gasteiger partial charge is 0.467 e. The van der Waals surface area contributed by atoms with E-state index in [0.717, 1.165) is 16.0 Å². The van der Waals surface area contributed by atoms with Crippen LogP contribution in [-0.2, 0) is 36.7 Å². The van der Waals surface area contributed by atoms with Gasteiger partial charge in [-0.2, -0.15) is 0 Å². The number of aliphatic hydroxyl groups excluding tert-OH is 1. The number of methoxy groups -OCH3 is 1. The minimum absolute atomic E-state index is 0.0791. The van der Waals surface area contributed by atoms with Crippen LogP contribution in [-0.4, -0.2) is 95.3 Å². The van der Waals surface area contributed by atoms with Crippen molar-refractivity contribution in [3.05, 3.63) is 108 Å². The van der Waals surface area contributed by atoms with Crippen molar-refractivity contribution in [2.75, 3.05) is 13.7 Å². The number of hydrogen-bond acceptors (Lipinski definition) is 9. The molecular weight excluding hydrogens is 743 g/mol. The van der Waals surface area contributed by atoms with Gasteiger partial charge in [0.05, 0.1) is 25.8 Å². The highest BCUT2D eigenvalue weighted by Gasteiger charge is 2.35. The van der Waals surface area contributed by atoms with Crippen molar-refractivity contribution >= 4 is 35.8 Å². The molecule has 0 saturated heterocycles. The summed E-state index contributed by atoms with van der Waals surface area (Å²) in [5.41, 5.74) is 0.775. The fraction of sp³-hybridized carbons (Fsp3) is 0.455. The molecule has 0 aliphatic carbocycles. The molecule has 0 spiro atoms. The number of rotatable bonds is 18. The second-order valence-electron chi connectivity index (χ2n) is 15.9. The summed E-state index contributed by atoms with van der Waals surface area (Å²) in [7, 11) is 1.21. The summed E-state index contributed by atoms with van der Waals surface area (Å²) in [6, 6.07) is 20.7. The summed E-state index contributed by atoms with van der Waals surface area (Å²) in [5.74, 6) is -3.15. The van der Waals surface area contributed by atoms with Crippen molar-refractivity contribution in [3.63, 3.8) is 0 Å². The van der Waals surface area contributed by atoms with E-state index in [4.69, 9.17) is 9.47 Å². The number of urea groups is 1. The quantitative estimate of drug-likeness (QED) is 0.113. The average molecular weight is 802 g/mol. The van der Waals surface area contributed by atoms with E-state index in [1.54, 1.807) is 89.2 Å². The number of nitrogens with zero attached hydrogens (tertiary/aromatic N) is 1. The maximum Gasteiger partial charge on any atom is 0.408 e. The van der Waals surface area contributed by atoms with Gasteiger partial charge in [0.15, 0.2) is 0 Å². The molecule has 3 aromatic carbocycles. The molecule has 14 nitrogen and oxygen atoms in total. The number of amides is 6. The topological polar surface area (TPSA) is 192 Å². The maximum absolute atomic E-state index is 14.2. The number of hydrogen-bond donors (Lipinski definition) is 5. The smallest absolute Gasteiger partial charge is 0.408 e. The van der Waals surface area contributed by atoms with Crippen LogP contribution in [0.2, 0.25) is 0 Å². The summed E-state index contributed by atoms with van der Waals surface area (Å²) in [4.78, 5) is 82.3. The molecule has 3 aromatic rings. The van der Waals surface area contributed by atoms with Crippen LogP contribution in [0.3, 0.4) is 0 Å². The molecule has 0 fully saturated rings. The Morgan fingerprint density at radius 2 is 1.21 bits per heavy atom. The lowest BCUT2D eigenvalue weighted by molar-refractivity contribution is -0.146. The lowest BCUT2D eigenvalue weighted by atomic mass is 9.99. The Bertz CT molecular complexity index is 1800. The number of ether oxygens (including phenoxy) is 2. The van der Waals surface area contributed by atoms with Crippen LogP contribution in [0.1, 0.15) is 76.4 Å². The molecule has 314 valence electrons. The third-order valence-electron chi connectivity index (χ3n) is 9.00. The number of esters is 1. The first-order chi connectivity index (χ1) is 27.4. The van der Waals surface area contributed by atoms with Gasteiger partial charge in [-0.15, -0.1) is 0 Å². The molecule has 58 heavy (non-hydrogen) atoms. The third-order valence-corrected chi connectivity index (χ3v) is 9.00. The molecule has 0 unspecified atom stereocenters. The number of nitrogens with one attached hydrogen (secondary N) is 4. The van der Waals surface area contributed by atoms with Crippen molar-refractivity contribution in [2.24, 2.45) is 11.8 Å². The van der Waals surface area contributed by atoms with E-state index in [0.29, 0.717) is 0 Å². The van der Waals surface area contributed by atoms with E-state index in [9.17, 15) is 33.9 Å². The Labute approximate surface area is 341 Å². The highest BCUT2D eigenvalue weighted by atomic mass is 16.6. The maximum atomic E-state index is 14.2. The fourth-order valence-electron chi connectivity index (χ4n) is 6.06. The second-order valence-corrected chi connectivity index (χ2v) is 15.9. The summed E-state index contributed by atoms with van der Waals surface area (Å²) < 4.78 is 10.3. The first kappa shape index (κ1) is 46.6. The van der Waals surface area contributed by atoms with Crippen molar-refractivity contribution < 1.29 is 43.3 Å². The highest BCUT2D eigenvalue weighted by Crippen LogP contribution is 2.15. The van der Waals surface area contributed by atoms with Crippen LogP contribution in [0.4, 0.5) is 9.59 Å². The van der Waals surface area contributed by atoms with Gasteiger partial charge in [0, 0.05) is 12.0 Å². The minimum atomic E-state index is -1.55. The second kappa shape index (κ2) is 22.3. The summed E-state index contributed by atoms with van der Waals surface area (Å²) in [6.45, 7) is 11.7. The van der Waals surface area contributed by atoms with Gasteiger partial charge in [-0.05, 0) is 68.7 Å². The lowest BCUT2D eigenvalue weighted by Crippen LogP contribution is -2.59. The zero-order chi connectivity index (χ0) is 43.0. The molecule has 6 amide bonds. The molecule has 0 saturated carbocycles. The summed E-state index contributed by atoms with van der Waals surface area (Å²) >= 11 is 0. The third kappa shape index (κ3) is 15.3. The molecule has 0 heterocycles. The molecule has 5 N–H and O–H groups in total. The first-order valence-corrected chi connectivity index (χ1v) is 19.5. The minimum Gasteiger partial charge on any atom is -0.467 e. The molecular formula is C44H59N5O9. The number of alkyl carbamates (subject to hydrolysis) is 1. The lowest BCUT2D eigenvalue weighted by Gasteiger charge is -2.32. The van der Waals surface area contributed by atoms with Crippen LogP contribution in [0.5, 0.6) is 0 Å². The van der Waals surface area contributed by atoms with Gasteiger partial charge < -0.3 is 35.8 Å². The molecule has 5 atom stereocenters. The molecule has 14 heteroatoms. The van der Waals surface area contributed by atoms with Crippen LogP contribution >= 0.6 is 0 Å². The number of benzene rings is 3. The summed E-state index contributed by atoms with van der Waals surface area (Å²) in [6.07, 6.45) is -2.04.